The molecule has 0 aliphatic heterocycles. The Balaban J connectivity index is 2.15. The maximum atomic E-state index is 12.7. The van der Waals surface area contributed by atoms with E-state index < -0.39 is 0 Å². The van der Waals surface area contributed by atoms with E-state index in [1.807, 2.05) is 61.1 Å². The molecule has 4 heteroatoms. The second-order valence-corrected chi connectivity index (χ2v) is 6.68. The molecule has 4 nitrogen and oxygen atoms in total. The number of hydrogen-bond donors (Lipinski definition) is 1. The summed E-state index contributed by atoms with van der Waals surface area (Å²) >= 11 is 0. The van der Waals surface area contributed by atoms with E-state index in [0.29, 0.717) is 18.0 Å². The number of carbonyl (C=O) groups excluding carboxylic acids is 1. The Morgan fingerprint density at radius 3 is 2.71 bits per heavy atom. The lowest BCUT2D eigenvalue weighted by Crippen LogP contribution is -2.27. The van der Waals surface area contributed by atoms with Crippen molar-refractivity contribution in [3.8, 4) is 11.4 Å². The van der Waals surface area contributed by atoms with Crippen LogP contribution in [0.15, 0.2) is 42.6 Å². The van der Waals surface area contributed by atoms with Gasteiger partial charge in [0.05, 0.1) is 22.5 Å². The van der Waals surface area contributed by atoms with E-state index in [1.54, 1.807) is 0 Å². The molecule has 0 aliphatic carbocycles. The highest BCUT2D eigenvalue weighted by molar-refractivity contribution is 6.07. The SMILES string of the molecule is Cc1ccc2nc(-c3cccn3C)cc(C(=O)NCC(C)C)c2c1. The summed E-state index contributed by atoms with van der Waals surface area (Å²) in [6.07, 6.45) is 1.98. The van der Waals surface area contributed by atoms with Crippen LogP contribution in [-0.4, -0.2) is 22.0 Å². The van der Waals surface area contributed by atoms with Gasteiger partial charge in [0.15, 0.2) is 0 Å². The Morgan fingerprint density at radius 2 is 2.04 bits per heavy atom. The summed E-state index contributed by atoms with van der Waals surface area (Å²) in [7, 11) is 1.98. The maximum Gasteiger partial charge on any atom is 0.252 e. The summed E-state index contributed by atoms with van der Waals surface area (Å²) in [4.78, 5) is 17.5. The highest BCUT2D eigenvalue weighted by Crippen LogP contribution is 2.25. The normalized spacial score (nSPS) is 11.2. The van der Waals surface area contributed by atoms with Gasteiger partial charge in [-0.25, -0.2) is 4.98 Å². The number of benzene rings is 1. The number of nitrogens with one attached hydrogen (secondary N) is 1. The average Bonchev–Trinajstić information content (AvgIpc) is 2.97. The van der Waals surface area contributed by atoms with Gasteiger partial charge in [-0.1, -0.05) is 25.5 Å². The van der Waals surface area contributed by atoms with Crippen LogP contribution in [0.4, 0.5) is 0 Å². The fraction of sp³-hybridized carbons (Fsp3) is 0.300. The van der Waals surface area contributed by atoms with Gasteiger partial charge in [0.25, 0.3) is 5.91 Å². The molecule has 0 unspecified atom stereocenters. The van der Waals surface area contributed by atoms with Crippen LogP contribution in [0.2, 0.25) is 0 Å². The van der Waals surface area contributed by atoms with Crippen molar-refractivity contribution >= 4 is 16.8 Å². The number of amides is 1. The molecule has 2 heterocycles. The molecule has 3 rings (SSSR count). The highest BCUT2D eigenvalue weighted by atomic mass is 16.1. The number of rotatable bonds is 4. The van der Waals surface area contributed by atoms with Crippen LogP contribution < -0.4 is 5.32 Å². The Bertz CT molecular complexity index is 893. The van der Waals surface area contributed by atoms with Crippen LogP contribution in [-0.2, 0) is 7.05 Å². The van der Waals surface area contributed by atoms with Crippen molar-refractivity contribution in [2.75, 3.05) is 6.54 Å². The standard InChI is InChI=1S/C20H23N3O/c1-13(2)12-21-20(24)16-11-18(19-6-5-9-23(19)4)22-17-8-7-14(3)10-15(16)17/h5-11,13H,12H2,1-4H3,(H,21,24). The van der Waals surface area contributed by atoms with Gasteiger partial charge in [0.1, 0.15) is 0 Å². The Morgan fingerprint density at radius 1 is 1.25 bits per heavy atom. The van der Waals surface area contributed by atoms with E-state index in [1.165, 1.54) is 0 Å². The molecule has 0 radical (unpaired) electrons. The molecule has 0 aliphatic rings. The molecule has 1 aromatic carbocycles. The molecule has 0 atom stereocenters. The first-order valence-electron chi connectivity index (χ1n) is 8.27. The molecule has 0 saturated carbocycles. The zero-order chi connectivity index (χ0) is 17.3. The van der Waals surface area contributed by atoms with E-state index in [4.69, 9.17) is 4.98 Å². The first-order valence-corrected chi connectivity index (χ1v) is 8.27. The van der Waals surface area contributed by atoms with E-state index >= 15 is 0 Å². The van der Waals surface area contributed by atoms with Crippen molar-refractivity contribution in [2.45, 2.75) is 20.8 Å². The molecule has 0 spiro atoms. The molecule has 2 aromatic heterocycles. The number of aromatic nitrogens is 2. The van der Waals surface area contributed by atoms with Crippen molar-refractivity contribution in [1.82, 2.24) is 14.9 Å². The van der Waals surface area contributed by atoms with Gasteiger partial charge in [-0.15, -0.1) is 0 Å². The molecule has 1 amide bonds. The van der Waals surface area contributed by atoms with E-state index in [0.717, 1.165) is 27.9 Å². The average molecular weight is 321 g/mol. The number of aryl methyl sites for hydroxylation is 2. The molecule has 124 valence electrons. The lowest BCUT2D eigenvalue weighted by Gasteiger charge is -2.12. The fourth-order valence-electron chi connectivity index (χ4n) is 2.78. The predicted molar refractivity (Wildman–Crippen MR) is 98.1 cm³/mol. The molecular weight excluding hydrogens is 298 g/mol. The summed E-state index contributed by atoms with van der Waals surface area (Å²) in [5, 5.41) is 3.92. The van der Waals surface area contributed by atoms with E-state index in [2.05, 4.69) is 19.2 Å². The minimum Gasteiger partial charge on any atom is -0.352 e. The second-order valence-electron chi connectivity index (χ2n) is 6.68. The summed E-state index contributed by atoms with van der Waals surface area (Å²) in [5.74, 6) is 0.369. The third-order valence-corrected chi connectivity index (χ3v) is 4.09. The summed E-state index contributed by atoms with van der Waals surface area (Å²) in [6, 6.07) is 11.9. The van der Waals surface area contributed by atoms with Crippen LogP contribution in [0.25, 0.3) is 22.3 Å². The van der Waals surface area contributed by atoms with Gasteiger partial charge in [0, 0.05) is 25.2 Å². The molecule has 0 fully saturated rings. The van der Waals surface area contributed by atoms with Gasteiger partial charge in [-0.3, -0.25) is 4.79 Å². The van der Waals surface area contributed by atoms with Crippen LogP contribution >= 0.6 is 0 Å². The van der Waals surface area contributed by atoms with Crippen molar-refractivity contribution < 1.29 is 4.79 Å². The third-order valence-electron chi connectivity index (χ3n) is 4.09. The lowest BCUT2D eigenvalue weighted by molar-refractivity contribution is 0.0950. The quantitative estimate of drug-likeness (QED) is 0.791. The first-order chi connectivity index (χ1) is 11.5. The molecule has 0 bridgehead atoms. The summed E-state index contributed by atoms with van der Waals surface area (Å²) in [6.45, 7) is 6.86. The van der Waals surface area contributed by atoms with Gasteiger partial charge in [-0.05, 0) is 43.2 Å². The van der Waals surface area contributed by atoms with Crippen molar-refractivity contribution in [1.29, 1.82) is 0 Å². The lowest BCUT2D eigenvalue weighted by atomic mass is 10.0. The van der Waals surface area contributed by atoms with Crippen LogP contribution in [0.5, 0.6) is 0 Å². The first kappa shape index (κ1) is 16.2. The summed E-state index contributed by atoms with van der Waals surface area (Å²) < 4.78 is 2.01. The zero-order valence-electron chi connectivity index (χ0n) is 14.6. The topological polar surface area (TPSA) is 46.9 Å². The van der Waals surface area contributed by atoms with Crippen molar-refractivity contribution in [2.24, 2.45) is 13.0 Å². The van der Waals surface area contributed by atoms with Crippen LogP contribution in [0.3, 0.4) is 0 Å². The smallest absolute Gasteiger partial charge is 0.252 e. The number of carbonyl (C=O) groups is 1. The van der Waals surface area contributed by atoms with Gasteiger partial charge >= 0.3 is 0 Å². The third kappa shape index (κ3) is 3.18. The van der Waals surface area contributed by atoms with Crippen LogP contribution in [0.1, 0.15) is 29.8 Å². The minimum atomic E-state index is -0.0443. The van der Waals surface area contributed by atoms with E-state index in [9.17, 15) is 4.79 Å². The highest BCUT2D eigenvalue weighted by Gasteiger charge is 2.15. The Hall–Kier alpha value is -2.62. The predicted octanol–water partition coefficient (Wildman–Crippen LogP) is 3.93. The molecule has 0 saturated heterocycles. The Labute approximate surface area is 142 Å². The number of hydrogen-bond acceptors (Lipinski definition) is 2. The maximum absolute atomic E-state index is 12.7. The minimum absolute atomic E-state index is 0.0443. The molecule has 24 heavy (non-hydrogen) atoms. The number of pyridine rings is 1. The van der Waals surface area contributed by atoms with E-state index in [-0.39, 0.29) is 5.91 Å². The van der Waals surface area contributed by atoms with Crippen LogP contribution in [0, 0.1) is 12.8 Å². The summed E-state index contributed by atoms with van der Waals surface area (Å²) in [5.41, 5.74) is 4.45. The van der Waals surface area contributed by atoms with Gasteiger partial charge < -0.3 is 9.88 Å². The number of nitrogens with zero attached hydrogens (tertiary/aromatic N) is 2. The van der Waals surface area contributed by atoms with Gasteiger partial charge in [-0.2, -0.15) is 0 Å². The second kappa shape index (κ2) is 6.48. The molecule has 1 N–H and O–H groups in total. The monoisotopic (exact) mass is 321 g/mol. The molecular formula is C20H23N3O. The zero-order valence-corrected chi connectivity index (χ0v) is 14.6. The van der Waals surface area contributed by atoms with Gasteiger partial charge in [0.2, 0.25) is 0 Å². The fourth-order valence-corrected chi connectivity index (χ4v) is 2.78. The molecule has 3 aromatic rings. The Kier molecular flexibility index (Phi) is 4.38. The van der Waals surface area contributed by atoms with Crippen molar-refractivity contribution in [3.63, 3.8) is 0 Å². The largest absolute Gasteiger partial charge is 0.352 e. The number of fused-ring (bicyclic) bond motifs is 1. The van der Waals surface area contributed by atoms with Crippen molar-refractivity contribution in [3.05, 3.63) is 53.7 Å².